The van der Waals surface area contributed by atoms with E-state index in [2.05, 4.69) is 6.92 Å². The number of fused-ring (bicyclic) bond motifs is 2. The lowest BCUT2D eigenvalue weighted by atomic mass is 9.70. The van der Waals surface area contributed by atoms with E-state index < -0.39 is 0 Å². The molecule has 2 saturated carbocycles. The van der Waals surface area contributed by atoms with Gasteiger partial charge in [0.05, 0.1) is 0 Å². The predicted molar refractivity (Wildman–Crippen MR) is 71.8 cm³/mol. The molecular formula is C15H28O2. The highest BCUT2D eigenvalue weighted by Crippen LogP contribution is 2.56. The molecule has 5 unspecified atom stereocenters. The van der Waals surface area contributed by atoms with E-state index >= 15 is 0 Å². The third kappa shape index (κ3) is 2.46. The second-order valence-corrected chi connectivity index (χ2v) is 5.34. The van der Waals surface area contributed by atoms with Crippen LogP contribution in [-0.2, 0) is 9.59 Å². The molecule has 0 N–H and O–H groups in total. The monoisotopic (exact) mass is 240 g/mol. The Morgan fingerprint density at radius 1 is 1.00 bits per heavy atom. The van der Waals surface area contributed by atoms with Crippen molar-refractivity contribution in [2.24, 2.45) is 29.6 Å². The number of carbonyl (C=O) groups excluding carboxylic acids is 2. The molecule has 0 aromatic heterocycles. The molecule has 100 valence electrons. The number of ketones is 2. The Balaban J connectivity index is 0.00000128. The van der Waals surface area contributed by atoms with Gasteiger partial charge in [-0.25, -0.2) is 0 Å². The Hall–Kier alpha value is -0.660. The number of rotatable bonds is 3. The molecule has 0 aromatic carbocycles. The van der Waals surface area contributed by atoms with E-state index in [9.17, 15) is 9.59 Å². The Kier molecular flexibility index (Phi) is 5.57. The summed E-state index contributed by atoms with van der Waals surface area (Å²) < 4.78 is 0. The van der Waals surface area contributed by atoms with Crippen LogP contribution in [0, 0.1) is 29.6 Å². The van der Waals surface area contributed by atoms with Gasteiger partial charge in [-0.15, -0.1) is 0 Å². The molecule has 2 nitrogen and oxygen atoms in total. The Labute approximate surface area is 106 Å². The summed E-state index contributed by atoms with van der Waals surface area (Å²) in [7, 11) is 0. The van der Waals surface area contributed by atoms with Gasteiger partial charge in [0.2, 0.25) is 0 Å². The van der Waals surface area contributed by atoms with Crippen LogP contribution < -0.4 is 0 Å². The van der Waals surface area contributed by atoms with Crippen LogP contribution >= 0.6 is 0 Å². The molecule has 17 heavy (non-hydrogen) atoms. The highest BCUT2D eigenvalue weighted by molar-refractivity contribution is 5.88. The van der Waals surface area contributed by atoms with Crippen molar-refractivity contribution in [3.8, 4) is 0 Å². The molecular weight excluding hydrogens is 212 g/mol. The fraction of sp³-hybridized carbons (Fsp3) is 0.867. The van der Waals surface area contributed by atoms with E-state index in [1.807, 2.05) is 0 Å². The molecule has 2 rings (SSSR count). The summed E-state index contributed by atoms with van der Waals surface area (Å²) in [5.41, 5.74) is 0. The first kappa shape index (κ1) is 16.3. The van der Waals surface area contributed by atoms with Crippen LogP contribution in [0.2, 0.25) is 0 Å². The third-order valence-electron chi connectivity index (χ3n) is 4.61. The van der Waals surface area contributed by atoms with Crippen LogP contribution in [-0.4, -0.2) is 11.6 Å². The molecule has 0 spiro atoms. The van der Waals surface area contributed by atoms with Crippen LogP contribution in [0.3, 0.4) is 0 Å². The SMILES string of the molecule is C.C.CCC1CC2CC1C(C(C)=O)C2C(C)=O. The van der Waals surface area contributed by atoms with Crippen molar-refractivity contribution in [2.45, 2.75) is 54.9 Å². The first-order chi connectivity index (χ1) is 7.06. The van der Waals surface area contributed by atoms with Crippen LogP contribution in [0.1, 0.15) is 54.9 Å². The number of hydrogen-bond donors (Lipinski definition) is 0. The maximum Gasteiger partial charge on any atom is 0.133 e. The fourth-order valence-corrected chi connectivity index (χ4v) is 4.10. The van der Waals surface area contributed by atoms with E-state index in [1.165, 1.54) is 6.42 Å². The number of hydrogen-bond acceptors (Lipinski definition) is 2. The summed E-state index contributed by atoms with van der Waals surface area (Å²) in [5, 5.41) is 0. The minimum atomic E-state index is 0. The summed E-state index contributed by atoms with van der Waals surface area (Å²) in [5.74, 6) is 2.27. The molecule has 0 saturated heterocycles. The predicted octanol–water partition coefficient (Wildman–Crippen LogP) is 3.74. The molecule has 2 bridgehead atoms. The van der Waals surface area contributed by atoms with Gasteiger partial charge in [-0.1, -0.05) is 28.2 Å². The Morgan fingerprint density at radius 3 is 1.94 bits per heavy atom. The van der Waals surface area contributed by atoms with Gasteiger partial charge in [-0.3, -0.25) is 9.59 Å². The average molecular weight is 240 g/mol. The molecule has 0 amide bonds. The second kappa shape index (κ2) is 5.79. The van der Waals surface area contributed by atoms with Gasteiger partial charge in [0.1, 0.15) is 11.6 Å². The number of Topliss-reactive ketones (excluding diaryl/α,β-unsaturated/α-hetero) is 2. The molecule has 0 aromatic rings. The zero-order valence-corrected chi connectivity index (χ0v) is 9.82. The van der Waals surface area contributed by atoms with Gasteiger partial charge in [-0.05, 0) is 44.4 Å². The summed E-state index contributed by atoms with van der Waals surface area (Å²) in [6.45, 7) is 5.52. The van der Waals surface area contributed by atoms with Crippen LogP contribution in [0.4, 0.5) is 0 Å². The van der Waals surface area contributed by atoms with Crippen molar-refractivity contribution < 1.29 is 9.59 Å². The van der Waals surface area contributed by atoms with Crippen molar-refractivity contribution in [3.63, 3.8) is 0 Å². The number of carbonyl (C=O) groups is 2. The molecule has 2 aliphatic rings. The van der Waals surface area contributed by atoms with Crippen molar-refractivity contribution in [3.05, 3.63) is 0 Å². The molecule has 2 aliphatic carbocycles. The lowest BCUT2D eigenvalue weighted by molar-refractivity contribution is -0.133. The molecule has 0 aliphatic heterocycles. The fourth-order valence-electron chi connectivity index (χ4n) is 4.10. The average Bonchev–Trinajstić information content (AvgIpc) is 2.72. The van der Waals surface area contributed by atoms with Crippen molar-refractivity contribution in [1.29, 1.82) is 0 Å². The summed E-state index contributed by atoms with van der Waals surface area (Å²) in [6, 6.07) is 0. The highest BCUT2D eigenvalue weighted by atomic mass is 16.1. The highest BCUT2D eigenvalue weighted by Gasteiger charge is 2.54. The van der Waals surface area contributed by atoms with Crippen molar-refractivity contribution >= 4 is 11.6 Å². The summed E-state index contributed by atoms with van der Waals surface area (Å²) in [6.07, 6.45) is 3.46. The lowest BCUT2D eigenvalue weighted by Crippen LogP contribution is -2.36. The molecule has 0 radical (unpaired) electrons. The topological polar surface area (TPSA) is 34.1 Å². The molecule has 5 atom stereocenters. The van der Waals surface area contributed by atoms with E-state index in [0.717, 1.165) is 12.8 Å². The van der Waals surface area contributed by atoms with E-state index in [-0.39, 0.29) is 38.3 Å². The van der Waals surface area contributed by atoms with Crippen LogP contribution in [0.25, 0.3) is 0 Å². The summed E-state index contributed by atoms with van der Waals surface area (Å²) in [4.78, 5) is 23.3. The van der Waals surface area contributed by atoms with Gasteiger partial charge in [0, 0.05) is 11.8 Å². The maximum absolute atomic E-state index is 11.7. The third-order valence-corrected chi connectivity index (χ3v) is 4.61. The zero-order valence-electron chi connectivity index (χ0n) is 9.82. The van der Waals surface area contributed by atoms with Crippen molar-refractivity contribution in [1.82, 2.24) is 0 Å². The van der Waals surface area contributed by atoms with E-state index in [1.54, 1.807) is 13.8 Å². The normalized spacial score (nSPS) is 38.2. The van der Waals surface area contributed by atoms with E-state index in [4.69, 9.17) is 0 Å². The largest absolute Gasteiger partial charge is 0.300 e. The van der Waals surface area contributed by atoms with Gasteiger partial charge >= 0.3 is 0 Å². The van der Waals surface area contributed by atoms with Gasteiger partial charge in [0.25, 0.3) is 0 Å². The van der Waals surface area contributed by atoms with Gasteiger partial charge in [0.15, 0.2) is 0 Å². The molecule has 2 fully saturated rings. The smallest absolute Gasteiger partial charge is 0.133 e. The standard InChI is InChI=1S/C13H20O2.2CH4/c1-4-9-5-10-6-11(9)13(8(3)15)12(10)7(2)14;;/h9-13H,4-6H2,1-3H3;2*1H4. The lowest BCUT2D eigenvalue weighted by Gasteiger charge is -2.32. The zero-order chi connectivity index (χ0) is 11.2. The van der Waals surface area contributed by atoms with Crippen molar-refractivity contribution in [2.75, 3.05) is 0 Å². The van der Waals surface area contributed by atoms with Crippen LogP contribution in [0.5, 0.6) is 0 Å². The van der Waals surface area contributed by atoms with Gasteiger partial charge < -0.3 is 0 Å². The van der Waals surface area contributed by atoms with Gasteiger partial charge in [-0.2, -0.15) is 0 Å². The first-order valence-electron chi connectivity index (χ1n) is 6.07. The second-order valence-electron chi connectivity index (χ2n) is 5.34. The van der Waals surface area contributed by atoms with E-state index in [0.29, 0.717) is 17.8 Å². The van der Waals surface area contributed by atoms with Crippen LogP contribution in [0.15, 0.2) is 0 Å². The molecule has 0 heterocycles. The summed E-state index contributed by atoms with van der Waals surface area (Å²) >= 11 is 0. The Bertz CT molecular complexity index is 295. The Morgan fingerprint density at radius 2 is 1.53 bits per heavy atom. The molecule has 2 heteroatoms. The maximum atomic E-state index is 11.7. The minimum Gasteiger partial charge on any atom is -0.300 e. The minimum absolute atomic E-state index is 0. The first-order valence-corrected chi connectivity index (χ1v) is 6.07. The quantitative estimate of drug-likeness (QED) is 0.753.